The molecule has 3 saturated carbocycles. The second-order valence-electron chi connectivity index (χ2n) is 12.4. The van der Waals surface area contributed by atoms with Crippen LogP contribution in [0.25, 0.3) is 6.08 Å². The van der Waals surface area contributed by atoms with E-state index in [4.69, 9.17) is 9.47 Å². The number of Topliss-reactive ketones (excluding diaryl/α,β-unsaturated/α-hetero) is 1. The molecule has 1 aromatic rings. The zero-order valence-electron chi connectivity index (χ0n) is 23.6. The Hall–Kier alpha value is -3.33. The first-order valence-corrected chi connectivity index (χ1v) is 13.9. The number of hydrogen-bond acceptors (Lipinski definition) is 8. The second-order valence-corrected chi connectivity index (χ2v) is 12.4. The Balaban J connectivity index is 1.52. The maximum absolute atomic E-state index is 13.5. The molecule has 9 heteroatoms. The van der Waals surface area contributed by atoms with Crippen LogP contribution in [0.4, 0.5) is 5.69 Å². The van der Waals surface area contributed by atoms with E-state index in [9.17, 15) is 29.6 Å². The molecule has 3 aliphatic carbocycles. The lowest BCUT2D eigenvalue weighted by molar-refractivity contribution is -0.384. The summed E-state index contributed by atoms with van der Waals surface area (Å²) in [6.07, 6.45) is 5.99. The van der Waals surface area contributed by atoms with Gasteiger partial charge in [0.1, 0.15) is 11.9 Å². The van der Waals surface area contributed by atoms with Crippen molar-refractivity contribution in [2.24, 2.45) is 34.0 Å². The fourth-order valence-electron chi connectivity index (χ4n) is 7.74. The standard InChI is InChI=1S/C31H39NO8/c1-6-29(4)17-24(30(5)19(2)13-15-31(20(3)28(29)36)16-14-23(33)27(30)31)40-26(35)18-39-25(34)12-9-21-7-10-22(11-8-21)32(37)38/h6-12,19-20,24,27-28,36H,1,13-18H2,2-5H3/b12-9+/t19-,20-,24+,27-,28-,29?,30-,31?/m0/s1. The summed E-state index contributed by atoms with van der Waals surface area (Å²) in [7, 11) is 0. The van der Waals surface area contributed by atoms with Crippen molar-refractivity contribution in [1.82, 2.24) is 0 Å². The van der Waals surface area contributed by atoms with Crippen molar-refractivity contribution in [2.45, 2.75) is 72.0 Å². The SMILES string of the molecule is C=CC1(C)C[C@@H](OC(=O)COC(=O)/C=C/c2ccc([N+](=O)[O-])cc2)[C@@]2(C)[C@@H]3C(=O)CCC3(CC[C@@H]2C)[C@@H](C)[C@@H]1O. The maximum Gasteiger partial charge on any atom is 0.344 e. The summed E-state index contributed by atoms with van der Waals surface area (Å²) >= 11 is 0. The van der Waals surface area contributed by atoms with E-state index in [2.05, 4.69) is 13.5 Å². The van der Waals surface area contributed by atoms with Gasteiger partial charge in [-0.3, -0.25) is 14.9 Å². The fraction of sp³-hybridized carbons (Fsp3) is 0.581. The van der Waals surface area contributed by atoms with Gasteiger partial charge in [0.15, 0.2) is 6.61 Å². The lowest BCUT2D eigenvalue weighted by Crippen LogP contribution is -2.63. The molecular formula is C31H39NO8. The minimum Gasteiger partial charge on any atom is -0.459 e. The normalized spacial score (nSPS) is 37.2. The number of nitrogens with zero attached hydrogens (tertiary/aromatic N) is 1. The van der Waals surface area contributed by atoms with Crippen LogP contribution >= 0.6 is 0 Å². The molecule has 0 heterocycles. The first kappa shape index (κ1) is 29.6. The smallest absolute Gasteiger partial charge is 0.344 e. The lowest BCUT2D eigenvalue weighted by atomic mass is 9.44. The highest BCUT2D eigenvalue weighted by molar-refractivity contribution is 5.88. The largest absolute Gasteiger partial charge is 0.459 e. The van der Waals surface area contributed by atoms with E-state index in [-0.39, 0.29) is 34.6 Å². The van der Waals surface area contributed by atoms with Crippen molar-refractivity contribution in [2.75, 3.05) is 6.61 Å². The Morgan fingerprint density at radius 2 is 1.88 bits per heavy atom. The number of aliphatic hydroxyl groups is 1. The number of rotatable bonds is 7. The Morgan fingerprint density at radius 1 is 1.20 bits per heavy atom. The number of hydrogen-bond donors (Lipinski definition) is 1. The number of ketones is 1. The molecule has 0 aromatic heterocycles. The van der Waals surface area contributed by atoms with Gasteiger partial charge in [-0.25, -0.2) is 9.59 Å². The third-order valence-corrected chi connectivity index (χ3v) is 10.4. The molecule has 216 valence electrons. The third kappa shape index (κ3) is 5.00. The number of nitro benzene ring substituents is 1. The summed E-state index contributed by atoms with van der Waals surface area (Å²) in [4.78, 5) is 49.1. The molecule has 2 bridgehead atoms. The van der Waals surface area contributed by atoms with E-state index in [1.54, 1.807) is 6.08 Å². The van der Waals surface area contributed by atoms with Gasteiger partial charge in [0, 0.05) is 41.4 Å². The van der Waals surface area contributed by atoms with Crippen LogP contribution in [0.1, 0.15) is 65.4 Å². The topological polar surface area (TPSA) is 133 Å². The van der Waals surface area contributed by atoms with Crippen LogP contribution in [0.2, 0.25) is 0 Å². The van der Waals surface area contributed by atoms with E-state index in [0.717, 1.165) is 18.9 Å². The zero-order chi connectivity index (χ0) is 29.5. The molecule has 3 aliphatic rings. The highest BCUT2D eigenvalue weighted by atomic mass is 16.6. The second kappa shape index (κ2) is 10.9. The predicted molar refractivity (Wildman–Crippen MR) is 148 cm³/mol. The summed E-state index contributed by atoms with van der Waals surface area (Å²) in [5.74, 6) is -1.71. The molecule has 0 spiro atoms. The van der Waals surface area contributed by atoms with Crippen molar-refractivity contribution in [3.05, 3.63) is 58.7 Å². The summed E-state index contributed by atoms with van der Waals surface area (Å²) < 4.78 is 11.2. The van der Waals surface area contributed by atoms with Gasteiger partial charge < -0.3 is 14.6 Å². The van der Waals surface area contributed by atoms with E-state index >= 15 is 0 Å². The number of benzene rings is 1. The van der Waals surface area contributed by atoms with Gasteiger partial charge in [-0.2, -0.15) is 0 Å². The third-order valence-electron chi connectivity index (χ3n) is 10.4. The number of carbonyl (C=O) groups is 3. The Morgan fingerprint density at radius 3 is 2.50 bits per heavy atom. The molecule has 0 saturated heterocycles. The average molecular weight is 554 g/mol. The zero-order valence-corrected chi connectivity index (χ0v) is 23.6. The van der Waals surface area contributed by atoms with Gasteiger partial charge in [0.25, 0.3) is 5.69 Å². The van der Waals surface area contributed by atoms with Crippen molar-refractivity contribution < 1.29 is 33.9 Å². The minimum atomic E-state index is -0.768. The van der Waals surface area contributed by atoms with Crippen LogP contribution in [0.5, 0.6) is 0 Å². The van der Waals surface area contributed by atoms with Gasteiger partial charge in [0.2, 0.25) is 0 Å². The molecule has 0 radical (unpaired) electrons. The fourth-order valence-corrected chi connectivity index (χ4v) is 7.74. The van der Waals surface area contributed by atoms with Gasteiger partial charge in [0.05, 0.1) is 11.0 Å². The molecule has 0 amide bonds. The Bertz CT molecular complexity index is 1220. The lowest BCUT2D eigenvalue weighted by Gasteiger charge is -2.61. The minimum absolute atomic E-state index is 0.0660. The van der Waals surface area contributed by atoms with Gasteiger partial charge in [-0.1, -0.05) is 33.8 Å². The summed E-state index contributed by atoms with van der Waals surface area (Å²) in [5, 5.41) is 22.4. The van der Waals surface area contributed by atoms with Crippen molar-refractivity contribution in [3.63, 3.8) is 0 Å². The average Bonchev–Trinajstić information content (AvgIpc) is 3.29. The first-order valence-electron chi connectivity index (χ1n) is 13.9. The predicted octanol–water partition coefficient (Wildman–Crippen LogP) is 5.06. The molecule has 0 aliphatic heterocycles. The van der Waals surface area contributed by atoms with E-state index in [0.29, 0.717) is 24.8 Å². The number of aliphatic hydroxyl groups excluding tert-OH is 1. The molecule has 8 atom stereocenters. The molecule has 4 rings (SSSR count). The van der Waals surface area contributed by atoms with Crippen molar-refractivity contribution in [3.8, 4) is 0 Å². The molecule has 2 unspecified atom stereocenters. The summed E-state index contributed by atoms with van der Waals surface area (Å²) in [6.45, 7) is 11.5. The summed E-state index contributed by atoms with van der Waals surface area (Å²) in [6, 6.07) is 5.63. The highest BCUT2D eigenvalue weighted by Gasteiger charge is 2.68. The Labute approximate surface area is 234 Å². The molecule has 3 fully saturated rings. The molecule has 9 nitrogen and oxygen atoms in total. The number of carbonyl (C=O) groups excluding carboxylic acids is 3. The summed E-state index contributed by atoms with van der Waals surface area (Å²) in [5.41, 5.74) is -1.29. The number of non-ortho nitro benzene ring substituents is 1. The molecule has 1 N–H and O–H groups in total. The van der Waals surface area contributed by atoms with Crippen molar-refractivity contribution >= 4 is 29.5 Å². The van der Waals surface area contributed by atoms with Gasteiger partial charge in [-0.15, -0.1) is 6.58 Å². The van der Waals surface area contributed by atoms with Crippen LogP contribution in [0.3, 0.4) is 0 Å². The van der Waals surface area contributed by atoms with Crippen LogP contribution in [-0.2, 0) is 23.9 Å². The molecule has 1 aromatic carbocycles. The maximum atomic E-state index is 13.5. The van der Waals surface area contributed by atoms with Crippen LogP contribution in [0.15, 0.2) is 43.0 Å². The number of nitro groups is 1. The van der Waals surface area contributed by atoms with E-state index < -0.39 is 46.5 Å². The quantitative estimate of drug-likeness (QED) is 0.163. The van der Waals surface area contributed by atoms with Gasteiger partial charge in [-0.05, 0) is 66.7 Å². The Kier molecular flexibility index (Phi) is 8.09. The highest BCUT2D eigenvalue weighted by Crippen LogP contribution is 2.68. The van der Waals surface area contributed by atoms with E-state index in [1.807, 2.05) is 20.8 Å². The molecule has 40 heavy (non-hydrogen) atoms. The number of esters is 2. The van der Waals surface area contributed by atoms with Crippen LogP contribution < -0.4 is 0 Å². The van der Waals surface area contributed by atoms with Crippen LogP contribution in [0, 0.1) is 44.1 Å². The van der Waals surface area contributed by atoms with E-state index in [1.165, 1.54) is 30.3 Å². The number of ether oxygens (including phenoxy) is 2. The molecular weight excluding hydrogens is 514 g/mol. The van der Waals surface area contributed by atoms with Gasteiger partial charge >= 0.3 is 11.9 Å². The van der Waals surface area contributed by atoms with Crippen LogP contribution in [-0.4, -0.2) is 46.6 Å². The first-order chi connectivity index (χ1) is 18.8. The monoisotopic (exact) mass is 553 g/mol. The van der Waals surface area contributed by atoms with Crippen molar-refractivity contribution in [1.29, 1.82) is 0 Å².